The van der Waals surface area contributed by atoms with Gasteiger partial charge in [0.15, 0.2) is 0 Å². The molecule has 0 aliphatic carbocycles. The minimum Gasteiger partial charge on any atom is -0.481 e. The van der Waals surface area contributed by atoms with E-state index in [9.17, 15) is 4.79 Å². The molecule has 2 heteroatoms. The molecule has 0 bridgehead atoms. The molecule has 1 unspecified atom stereocenters. The molecule has 1 atom stereocenters. The zero-order chi connectivity index (χ0) is 15.3. The molecule has 0 spiro atoms. The normalized spacial score (nSPS) is 12.6. The fourth-order valence-corrected chi connectivity index (χ4v) is 2.53. The maximum atomic E-state index is 11.0. The maximum Gasteiger partial charge on any atom is 0.306 e. The van der Waals surface area contributed by atoms with Crippen LogP contribution in [0, 0.1) is 5.92 Å². The quantitative estimate of drug-likeness (QED) is 0.447. The lowest BCUT2D eigenvalue weighted by Gasteiger charge is -2.09. The number of aryl methyl sites for hydroxylation is 1. The molecule has 0 amide bonds. The number of rotatable bonds is 11. The molecule has 0 fully saturated rings. The summed E-state index contributed by atoms with van der Waals surface area (Å²) in [6.07, 6.45) is 12.4. The third-order valence-corrected chi connectivity index (χ3v) is 3.76. The topological polar surface area (TPSA) is 37.3 Å². The molecule has 0 saturated carbocycles. The van der Waals surface area contributed by atoms with E-state index in [0.29, 0.717) is 0 Å². The van der Waals surface area contributed by atoms with Crippen LogP contribution in [0.3, 0.4) is 0 Å². The average Bonchev–Trinajstić information content (AvgIpc) is 2.49. The fraction of sp³-hybridized carbons (Fsp3) is 0.526. The summed E-state index contributed by atoms with van der Waals surface area (Å²) in [5.74, 6) is -0.787. The highest BCUT2D eigenvalue weighted by Crippen LogP contribution is 2.15. The summed E-state index contributed by atoms with van der Waals surface area (Å²) < 4.78 is 0. The summed E-state index contributed by atoms with van der Waals surface area (Å²) in [5, 5.41) is 9.07. The molecule has 1 rings (SSSR count). The van der Waals surface area contributed by atoms with Gasteiger partial charge in [-0.1, -0.05) is 55.8 Å². The molecule has 0 aliphatic heterocycles. The van der Waals surface area contributed by atoms with E-state index in [0.717, 1.165) is 44.9 Å². The Balaban J connectivity index is 2.06. The van der Waals surface area contributed by atoms with Gasteiger partial charge >= 0.3 is 5.97 Å². The second-order valence-electron chi connectivity index (χ2n) is 5.60. The Labute approximate surface area is 128 Å². The van der Waals surface area contributed by atoms with Gasteiger partial charge in [0.2, 0.25) is 0 Å². The van der Waals surface area contributed by atoms with E-state index < -0.39 is 5.97 Å². The third kappa shape index (κ3) is 8.34. The average molecular weight is 288 g/mol. The second-order valence-corrected chi connectivity index (χ2v) is 5.60. The molecular weight excluding hydrogens is 260 g/mol. The van der Waals surface area contributed by atoms with Gasteiger partial charge in [0, 0.05) is 0 Å². The van der Waals surface area contributed by atoms with Crippen LogP contribution in [0.1, 0.15) is 57.4 Å². The monoisotopic (exact) mass is 288 g/mol. The lowest BCUT2D eigenvalue weighted by atomic mass is 9.97. The first kappa shape index (κ1) is 17.5. The molecule has 116 valence electrons. The highest BCUT2D eigenvalue weighted by molar-refractivity contribution is 5.69. The Kier molecular flexibility index (Phi) is 9.26. The van der Waals surface area contributed by atoms with E-state index in [1.54, 1.807) is 0 Å². The molecule has 0 aliphatic rings. The molecule has 0 aromatic heterocycles. The Hall–Kier alpha value is -1.57. The lowest BCUT2D eigenvalue weighted by Crippen LogP contribution is -2.13. The first-order chi connectivity index (χ1) is 10.2. The summed E-state index contributed by atoms with van der Waals surface area (Å²) in [5.41, 5.74) is 1.40. The van der Waals surface area contributed by atoms with Crippen LogP contribution in [0.25, 0.3) is 0 Å². The first-order valence-electron chi connectivity index (χ1n) is 8.15. The van der Waals surface area contributed by atoms with Gasteiger partial charge < -0.3 is 5.11 Å². The zero-order valence-corrected chi connectivity index (χ0v) is 13.1. The van der Waals surface area contributed by atoms with Crippen LogP contribution in [0.2, 0.25) is 0 Å². The van der Waals surface area contributed by atoms with Crippen molar-refractivity contribution in [3.05, 3.63) is 48.0 Å². The van der Waals surface area contributed by atoms with Crippen molar-refractivity contribution < 1.29 is 9.90 Å². The van der Waals surface area contributed by atoms with E-state index in [4.69, 9.17) is 5.11 Å². The number of allylic oxidation sites excluding steroid dienone is 2. The van der Waals surface area contributed by atoms with E-state index in [-0.39, 0.29) is 5.92 Å². The predicted molar refractivity (Wildman–Crippen MR) is 88.4 cm³/mol. The minimum absolute atomic E-state index is 0.151. The van der Waals surface area contributed by atoms with Crippen LogP contribution < -0.4 is 0 Å². The first-order valence-corrected chi connectivity index (χ1v) is 8.15. The number of carbonyl (C=O) groups is 1. The largest absolute Gasteiger partial charge is 0.481 e. The van der Waals surface area contributed by atoms with Gasteiger partial charge in [-0.15, -0.1) is 0 Å². The number of hydrogen-bond donors (Lipinski definition) is 1. The van der Waals surface area contributed by atoms with E-state index >= 15 is 0 Å². The maximum absolute atomic E-state index is 11.0. The van der Waals surface area contributed by atoms with E-state index in [2.05, 4.69) is 36.4 Å². The Bertz CT molecular complexity index is 409. The number of carboxylic acids is 1. The minimum atomic E-state index is -0.635. The summed E-state index contributed by atoms with van der Waals surface area (Å²) in [4.78, 5) is 11.0. The molecule has 1 aromatic carbocycles. The number of hydrogen-bond acceptors (Lipinski definition) is 1. The predicted octanol–water partition coefficient (Wildman–Crippen LogP) is 5.24. The van der Waals surface area contributed by atoms with Crippen molar-refractivity contribution >= 4 is 5.97 Å². The number of carboxylic acid groups (broad SMARTS) is 1. The Morgan fingerprint density at radius 1 is 1.10 bits per heavy atom. The number of aliphatic carboxylic acids is 1. The smallest absolute Gasteiger partial charge is 0.306 e. The van der Waals surface area contributed by atoms with Gasteiger partial charge in [-0.05, 0) is 50.5 Å². The van der Waals surface area contributed by atoms with Crippen molar-refractivity contribution in [2.75, 3.05) is 0 Å². The van der Waals surface area contributed by atoms with Gasteiger partial charge in [0.1, 0.15) is 0 Å². The van der Waals surface area contributed by atoms with Crippen LogP contribution >= 0.6 is 0 Å². The SMILES string of the molecule is CCCC(CCC/C=C/CCCc1ccccc1)C(=O)O. The zero-order valence-electron chi connectivity index (χ0n) is 13.1. The van der Waals surface area contributed by atoms with Crippen LogP contribution in [0.5, 0.6) is 0 Å². The van der Waals surface area contributed by atoms with Crippen LogP contribution in [-0.2, 0) is 11.2 Å². The van der Waals surface area contributed by atoms with Crippen molar-refractivity contribution in [2.45, 2.75) is 58.3 Å². The Morgan fingerprint density at radius 2 is 1.76 bits per heavy atom. The highest BCUT2D eigenvalue weighted by atomic mass is 16.4. The molecular formula is C19H28O2. The lowest BCUT2D eigenvalue weighted by molar-refractivity contribution is -0.142. The molecule has 1 aromatic rings. The van der Waals surface area contributed by atoms with Gasteiger partial charge in [-0.3, -0.25) is 4.79 Å². The van der Waals surface area contributed by atoms with E-state index in [1.807, 2.05) is 13.0 Å². The van der Waals surface area contributed by atoms with Gasteiger partial charge in [-0.25, -0.2) is 0 Å². The van der Waals surface area contributed by atoms with Crippen LogP contribution in [0.4, 0.5) is 0 Å². The van der Waals surface area contributed by atoms with Crippen molar-refractivity contribution in [3.8, 4) is 0 Å². The molecule has 2 nitrogen and oxygen atoms in total. The van der Waals surface area contributed by atoms with Gasteiger partial charge in [0.05, 0.1) is 5.92 Å². The Morgan fingerprint density at radius 3 is 2.38 bits per heavy atom. The number of unbranched alkanes of at least 4 members (excludes halogenated alkanes) is 2. The van der Waals surface area contributed by atoms with Crippen molar-refractivity contribution in [2.24, 2.45) is 5.92 Å². The highest BCUT2D eigenvalue weighted by Gasteiger charge is 2.14. The van der Waals surface area contributed by atoms with Crippen molar-refractivity contribution in [1.82, 2.24) is 0 Å². The van der Waals surface area contributed by atoms with Gasteiger partial charge in [-0.2, -0.15) is 0 Å². The molecule has 21 heavy (non-hydrogen) atoms. The van der Waals surface area contributed by atoms with Crippen LogP contribution in [-0.4, -0.2) is 11.1 Å². The number of benzene rings is 1. The molecule has 1 N–H and O–H groups in total. The van der Waals surface area contributed by atoms with Crippen molar-refractivity contribution in [3.63, 3.8) is 0 Å². The van der Waals surface area contributed by atoms with Crippen LogP contribution in [0.15, 0.2) is 42.5 Å². The summed E-state index contributed by atoms with van der Waals surface area (Å²) in [6.45, 7) is 2.04. The summed E-state index contributed by atoms with van der Waals surface area (Å²) in [7, 11) is 0. The van der Waals surface area contributed by atoms with E-state index in [1.165, 1.54) is 12.0 Å². The summed E-state index contributed by atoms with van der Waals surface area (Å²) >= 11 is 0. The van der Waals surface area contributed by atoms with Crippen molar-refractivity contribution in [1.29, 1.82) is 0 Å². The second kappa shape index (κ2) is 11.1. The van der Waals surface area contributed by atoms with Gasteiger partial charge in [0.25, 0.3) is 0 Å². The molecule has 0 heterocycles. The third-order valence-electron chi connectivity index (χ3n) is 3.76. The molecule has 0 saturated heterocycles. The standard InChI is InChI=1S/C19H28O2/c1-2-12-18(19(20)21)16-11-6-4-3-5-8-13-17-14-9-7-10-15-17/h3-4,7,9-10,14-15,18H,2,5-6,8,11-13,16H2,1H3,(H,20,21)/b4-3+. The molecule has 0 radical (unpaired) electrons. The summed E-state index contributed by atoms with van der Waals surface area (Å²) in [6, 6.07) is 10.6. The fourth-order valence-electron chi connectivity index (χ4n) is 2.53.